The van der Waals surface area contributed by atoms with Gasteiger partial charge in [-0.05, 0) is 111 Å². The van der Waals surface area contributed by atoms with E-state index >= 15 is 0 Å². The number of aryl methyl sites for hydroxylation is 1. The molecule has 3 saturated heterocycles. The number of carbonyl (C=O) groups is 3. The Balaban J connectivity index is 0.764. The van der Waals surface area contributed by atoms with Crippen LogP contribution in [0.15, 0.2) is 54.9 Å². The van der Waals surface area contributed by atoms with Crippen molar-refractivity contribution in [2.45, 2.75) is 50.4 Å². The van der Waals surface area contributed by atoms with Gasteiger partial charge in [-0.2, -0.15) is 5.10 Å². The predicted octanol–water partition coefficient (Wildman–Crippen LogP) is 6.01. The molecule has 274 valence electrons. The topological polar surface area (TPSA) is 123 Å². The zero-order valence-corrected chi connectivity index (χ0v) is 30.7. The number of likely N-dealkylation sites (tertiary alicyclic amines) is 1. The Hall–Kier alpha value is -4.78. The SMILES string of the molecule is Cn1nc(N2CCC(=O)NC2=O)c2ccc(C3CCN(CCCN4CCN(c5cccc(-c6cnc7[nH]cc(C8CC8)c7c6Cl)c5)C(=O)C4)CC3)cc21. The number of imide groups is 1. The van der Waals surface area contributed by atoms with Crippen LogP contribution in [-0.2, 0) is 16.6 Å². The van der Waals surface area contributed by atoms with Gasteiger partial charge >= 0.3 is 6.03 Å². The fourth-order valence-corrected chi connectivity index (χ4v) is 8.86. The van der Waals surface area contributed by atoms with E-state index < -0.39 is 6.03 Å². The largest absolute Gasteiger partial charge is 0.346 e. The van der Waals surface area contributed by atoms with Gasteiger partial charge in [0, 0.05) is 67.5 Å². The lowest BCUT2D eigenvalue weighted by atomic mass is 9.89. The number of anilines is 2. The Kier molecular flexibility index (Phi) is 8.92. The highest BCUT2D eigenvalue weighted by molar-refractivity contribution is 6.38. The molecular formula is C40H44ClN9O3. The molecule has 0 atom stereocenters. The summed E-state index contributed by atoms with van der Waals surface area (Å²) in [6, 6.07) is 14.2. The van der Waals surface area contributed by atoms with E-state index in [-0.39, 0.29) is 18.2 Å². The maximum absolute atomic E-state index is 13.4. The van der Waals surface area contributed by atoms with E-state index in [0.29, 0.717) is 37.3 Å². The number of urea groups is 1. The average Bonchev–Trinajstić information content (AvgIpc) is 3.83. The Morgan fingerprint density at radius 2 is 1.72 bits per heavy atom. The zero-order valence-electron chi connectivity index (χ0n) is 30.0. The van der Waals surface area contributed by atoms with Crippen molar-refractivity contribution in [3.05, 3.63) is 71.0 Å². The molecule has 0 bridgehead atoms. The molecule has 2 N–H and O–H groups in total. The number of hydrogen-bond acceptors (Lipinski definition) is 7. The number of amides is 4. The van der Waals surface area contributed by atoms with Crippen molar-refractivity contribution < 1.29 is 14.4 Å². The van der Waals surface area contributed by atoms with E-state index in [1.165, 1.54) is 24.0 Å². The number of piperazine rings is 1. The number of nitrogens with zero attached hydrogens (tertiary/aromatic N) is 7. The van der Waals surface area contributed by atoms with Crippen molar-refractivity contribution in [1.29, 1.82) is 0 Å². The van der Waals surface area contributed by atoms with Crippen LogP contribution >= 0.6 is 11.6 Å². The molecule has 0 radical (unpaired) electrons. The van der Waals surface area contributed by atoms with Crippen molar-refractivity contribution in [2.24, 2.45) is 7.05 Å². The lowest BCUT2D eigenvalue weighted by Crippen LogP contribution is -2.51. The van der Waals surface area contributed by atoms with E-state index in [1.807, 2.05) is 41.0 Å². The number of pyridine rings is 1. The normalized spacial score (nSPS) is 19.5. The van der Waals surface area contributed by atoms with Crippen LogP contribution in [0.4, 0.5) is 16.3 Å². The molecule has 9 rings (SSSR count). The lowest BCUT2D eigenvalue weighted by molar-refractivity contribution is -0.121. The third-order valence-electron chi connectivity index (χ3n) is 11.6. The summed E-state index contributed by atoms with van der Waals surface area (Å²) in [5, 5.41) is 9.71. The zero-order chi connectivity index (χ0) is 36.2. The summed E-state index contributed by atoms with van der Waals surface area (Å²) in [5.74, 6) is 1.51. The monoisotopic (exact) mass is 733 g/mol. The number of halogens is 1. The number of piperidine rings is 1. The molecule has 3 aliphatic heterocycles. The molecule has 12 nitrogen and oxygen atoms in total. The Morgan fingerprint density at radius 3 is 2.51 bits per heavy atom. The van der Waals surface area contributed by atoms with Crippen LogP contribution < -0.4 is 15.1 Å². The molecule has 6 heterocycles. The van der Waals surface area contributed by atoms with Crippen LogP contribution in [0.2, 0.25) is 5.02 Å². The molecule has 0 unspecified atom stereocenters. The first-order valence-electron chi connectivity index (χ1n) is 18.9. The molecule has 1 aliphatic carbocycles. The Labute approximate surface area is 313 Å². The van der Waals surface area contributed by atoms with Gasteiger partial charge in [-0.3, -0.25) is 29.4 Å². The van der Waals surface area contributed by atoms with E-state index in [9.17, 15) is 14.4 Å². The van der Waals surface area contributed by atoms with Gasteiger partial charge in [-0.1, -0.05) is 29.8 Å². The van der Waals surface area contributed by atoms with Crippen LogP contribution in [0.1, 0.15) is 61.5 Å². The second-order valence-corrected chi connectivity index (χ2v) is 15.4. The standard InChI is InChI=1S/C40H44ClN9O3/c1-46-33-21-27(8-9-30(33)39(45-46)50-17-12-34(51)44-40(50)53)25-10-15-47(16-11-25)13-3-14-48-18-19-49(35(52)24-48)29-5-2-4-28(20-29)32-23-43-38-36(37(32)41)31(22-42-38)26-6-7-26/h2,4-5,8-9,20-23,25-26H,3,6-7,10-19,24H2,1H3,(H,42,43)(H,44,51,53). The molecule has 3 aromatic heterocycles. The number of nitrogens with one attached hydrogen (secondary N) is 2. The first-order chi connectivity index (χ1) is 25.8. The van der Waals surface area contributed by atoms with Gasteiger partial charge in [0.1, 0.15) is 5.65 Å². The minimum atomic E-state index is -0.416. The summed E-state index contributed by atoms with van der Waals surface area (Å²) in [4.78, 5) is 53.8. The molecule has 0 spiro atoms. The predicted molar refractivity (Wildman–Crippen MR) is 207 cm³/mol. The minimum Gasteiger partial charge on any atom is -0.346 e. The molecule has 53 heavy (non-hydrogen) atoms. The van der Waals surface area contributed by atoms with Crippen molar-refractivity contribution >= 4 is 62.9 Å². The fourth-order valence-electron chi connectivity index (χ4n) is 8.51. The highest BCUT2D eigenvalue weighted by Crippen LogP contribution is 2.46. The first-order valence-corrected chi connectivity index (χ1v) is 19.3. The fraction of sp³-hybridized carbons (Fsp3) is 0.425. The van der Waals surface area contributed by atoms with Crippen molar-refractivity contribution in [3.63, 3.8) is 0 Å². The molecule has 13 heteroatoms. The number of carbonyl (C=O) groups excluding carboxylic acids is 3. The summed E-state index contributed by atoms with van der Waals surface area (Å²) >= 11 is 7.00. The maximum atomic E-state index is 13.4. The van der Waals surface area contributed by atoms with Gasteiger partial charge < -0.3 is 14.8 Å². The van der Waals surface area contributed by atoms with Gasteiger partial charge in [0.25, 0.3) is 0 Å². The Bertz CT molecular complexity index is 2240. The van der Waals surface area contributed by atoms with Crippen LogP contribution in [-0.4, -0.2) is 99.8 Å². The molecule has 4 aliphatic rings. The number of fused-ring (bicyclic) bond motifs is 2. The molecular weight excluding hydrogens is 690 g/mol. The number of H-pyrrole nitrogens is 1. The van der Waals surface area contributed by atoms with E-state index in [2.05, 4.69) is 60.6 Å². The minimum absolute atomic E-state index is 0.127. The van der Waals surface area contributed by atoms with E-state index in [1.54, 1.807) is 4.90 Å². The third kappa shape index (κ3) is 6.57. The summed E-state index contributed by atoms with van der Waals surface area (Å²) in [5.41, 5.74) is 7.15. The van der Waals surface area contributed by atoms with Gasteiger partial charge in [0.2, 0.25) is 11.8 Å². The number of rotatable bonds is 9. The molecule has 4 amide bonds. The maximum Gasteiger partial charge on any atom is 0.329 e. The Morgan fingerprint density at radius 1 is 0.887 bits per heavy atom. The average molecular weight is 734 g/mol. The highest BCUT2D eigenvalue weighted by Gasteiger charge is 2.31. The summed E-state index contributed by atoms with van der Waals surface area (Å²) < 4.78 is 1.83. The highest BCUT2D eigenvalue weighted by atomic mass is 35.5. The number of benzene rings is 2. The van der Waals surface area contributed by atoms with Gasteiger partial charge in [-0.25, -0.2) is 9.78 Å². The van der Waals surface area contributed by atoms with Crippen LogP contribution in [0, 0.1) is 0 Å². The van der Waals surface area contributed by atoms with Crippen molar-refractivity contribution in [2.75, 3.05) is 62.2 Å². The molecule has 5 aromatic rings. The van der Waals surface area contributed by atoms with Gasteiger partial charge in [0.05, 0.1) is 17.1 Å². The molecule has 1 saturated carbocycles. The molecule has 4 fully saturated rings. The molecule has 2 aromatic carbocycles. The van der Waals surface area contributed by atoms with Crippen LogP contribution in [0.25, 0.3) is 33.1 Å². The quantitative estimate of drug-likeness (QED) is 0.190. The summed E-state index contributed by atoms with van der Waals surface area (Å²) in [6.07, 6.45) is 9.75. The van der Waals surface area contributed by atoms with Gasteiger partial charge in [0.15, 0.2) is 5.82 Å². The van der Waals surface area contributed by atoms with Crippen LogP contribution in [0.3, 0.4) is 0 Å². The van der Waals surface area contributed by atoms with E-state index in [0.717, 1.165) is 95.8 Å². The lowest BCUT2D eigenvalue weighted by Gasteiger charge is -2.36. The summed E-state index contributed by atoms with van der Waals surface area (Å²) in [6.45, 7) is 6.29. The van der Waals surface area contributed by atoms with Crippen molar-refractivity contribution in [3.8, 4) is 11.1 Å². The van der Waals surface area contributed by atoms with Gasteiger partial charge in [-0.15, -0.1) is 0 Å². The smallest absolute Gasteiger partial charge is 0.329 e. The third-order valence-corrected chi connectivity index (χ3v) is 12.0. The van der Waals surface area contributed by atoms with E-state index in [4.69, 9.17) is 11.6 Å². The first kappa shape index (κ1) is 34.0. The second-order valence-electron chi connectivity index (χ2n) is 15.0. The second kappa shape index (κ2) is 13.9. The number of aromatic amines is 1. The number of hydrogen-bond donors (Lipinski definition) is 2. The van der Waals surface area contributed by atoms with Crippen molar-refractivity contribution in [1.82, 2.24) is 34.9 Å². The van der Waals surface area contributed by atoms with Crippen LogP contribution in [0.5, 0.6) is 0 Å². The number of aromatic nitrogens is 4. The summed E-state index contributed by atoms with van der Waals surface area (Å²) in [7, 11) is 1.90.